The fraction of sp³-hybridized carbons (Fsp3) is 0.318. The molecule has 1 heterocycles. The predicted molar refractivity (Wildman–Crippen MR) is 107 cm³/mol. The van der Waals surface area contributed by atoms with Gasteiger partial charge in [-0.1, -0.05) is 48.6 Å². The van der Waals surface area contributed by atoms with Crippen LogP contribution in [0.4, 0.5) is 8.78 Å². The van der Waals surface area contributed by atoms with E-state index in [-0.39, 0.29) is 30.1 Å². The molecule has 3 rings (SSSR count). The number of nitrogens with one attached hydrogen (secondary N) is 2. The number of halogens is 2. The van der Waals surface area contributed by atoms with E-state index in [1.807, 2.05) is 42.5 Å². The van der Waals surface area contributed by atoms with Crippen LogP contribution in [0.1, 0.15) is 17.5 Å². The minimum absolute atomic E-state index is 0.0218. The fourth-order valence-corrected chi connectivity index (χ4v) is 3.53. The van der Waals surface area contributed by atoms with Crippen LogP contribution in [0.3, 0.4) is 0 Å². The fourth-order valence-electron chi connectivity index (χ4n) is 3.53. The molecule has 2 aromatic carbocycles. The van der Waals surface area contributed by atoms with Crippen molar-refractivity contribution in [1.82, 2.24) is 15.5 Å². The van der Waals surface area contributed by atoms with Gasteiger partial charge < -0.3 is 10.6 Å². The number of nitrogens with zero attached hydrogens (tertiary/aromatic N) is 1. The van der Waals surface area contributed by atoms with Gasteiger partial charge in [0.05, 0.1) is 6.04 Å². The lowest BCUT2D eigenvalue weighted by Crippen LogP contribution is -2.41. The zero-order valence-electron chi connectivity index (χ0n) is 15.9. The second kappa shape index (κ2) is 9.57. The Balaban J connectivity index is 1.62. The minimum atomic E-state index is -0.559. The number of likely N-dealkylation sites (N-methyl/N-ethyl adjacent to an activating group) is 1. The van der Waals surface area contributed by atoms with Gasteiger partial charge in [0.15, 0.2) is 0 Å². The molecule has 1 saturated heterocycles. The number of hydrogen-bond donors (Lipinski definition) is 2. The van der Waals surface area contributed by atoms with Crippen LogP contribution in [0.2, 0.25) is 0 Å². The second-order valence-corrected chi connectivity index (χ2v) is 6.91. The predicted octanol–water partition coefficient (Wildman–Crippen LogP) is 2.96. The van der Waals surface area contributed by atoms with Gasteiger partial charge in [-0.25, -0.2) is 8.78 Å². The van der Waals surface area contributed by atoms with Crippen molar-refractivity contribution in [1.29, 1.82) is 0 Å². The molecule has 0 unspecified atom stereocenters. The van der Waals surface area contributed by atoms with Crippen molar-refractivity contribution in [3.63, 3.8) is 0 Å². The molecule has 1 fully saturated rings. The maximum Gasteiger partial charge on any atom is 0.237 e. The van der Waals surface area contributed by atoms with Crippen LogP contribution in [0.25, 0.3) is 6.08 Å². The van der Waals surface area contributed by atoms with E-state index in [1.165, 1.54) is 18.2 Å². The third kappa shape index (κ3) is 5.03. The number of rotatable bonds is 7. The average Bonchev–Trinajstić information content (AvgIpc) is 3.11. The maximum absolute atomic E-state index is 13.8. The lowest BCUT2D eigenvalue weighted by Gasteiger charge is -2.21. The summed E-state index contributed by atoms with van der Waals surface area (Å²) in [5, 5.41) is 5.91. The van der Waals surface area contributed by atoms with Gasteiger partial charge in [-0.05, 0) is 24.1 Å². The van der Waals surface area contributed by atoms with E-state index in [1.54, 1.807) is 7.05 Å². The summed E-state index contributed by atoms with van der Waals surface area (Å²) < 4.78 is 27.6. The Kier molecular flexibility index (Phi) is 6.90. The van der Waals surface area contributed by atoms with Crippen molar-refractivity contribution in [2.45, 2.75) is 25.0 Å². The molecule has 4 nitrogen and oxygen atoms in total. The highest BCUT2D eigenvalue weighted by Gasteiger charge is 2.35. The molecule has 0 bridgehead atoms. The topological polar surface area (TPSA) is 44.4 Å². The maximum atomic E-state index is 13.8. The van der Waals surface area contributed by atoms with Gasteiger partial charge in [-0.15, -0.1) is 0 Å². The molecule has 0 spiro atoms. The van der Waals surface area contributed by atoms with Crippen LogP contribution in [-0.2, 0) is 11.3 Å². The van der Waals surface area contributed by atoms with E-state index in [0.29, 0.717) is 19.5 Å². The van der Waals surface area contributed by atoms with E-state index in [0.717, 1.165) is 5.56 Å². The summed E-state index contributed by atoms with van der Waals surface area (Å²) in [6, 6.07) is 13.5. The minimum Gasteiger partial charge on any atom is -0.358 e. The summed E-state index contributed by atoms with van der Waals surface area (Å²) in [7, 11) is 1.62. The normalized spacial score (nSPS) is 20.0. The van der Waals surface area contributed by atoms with E-state index in [4.69, 9.17) is 0 Å². The van der Waals surface area contributed by atoms with Crippen LogP contribution in [-0.4, -0.2) is 43.0 Å². The number of carbonyl (C=O) groups excluding carboxylic acids is 1. The Morgan fingerprint density at radius 2 is 1.86 bits per heavy atom. The highest BCUT2D eigenvalue weighted by Crippen LogP contribution is 2.20. The molecular formula is C22H25F2N3O. The van der Waals surface area contributed by atoms with Crippen LogP contribution >= 0.6 is 0 Å². The number of likely N-dealkylation sites (tertiary alicyclic amines) is 1. The molecule has 6 heteroatoms. The highest BCUT2D eigenvalue weighted by molar-refractivity contribution is 5.82. The first-order valence-electron chi connectivity index (χ1n) is 9.42. The van der Waals surface area contributed by atoms with Gasteiger partial charge >= 0.3 is 0 Å². The first-order chi connectivity index (χ1) is 13.6. The summed E-state index contributed by atoms with van der Waals surface area (Å²) >= 11 is 0. The summed E-state index contributed by atoms with van der Waals surface area (Å²) in [4.78, 5) is 14.3. The van der Waals surface area contributed by atoms with Crippen LogP contribution in [0.5, 0.6) is 0 Å². The zero-order valence-corrected chi connectivity index (χ0v) is 15.9. The number of amides is 1. The number of carbonyl (C=O) groups is 1. The second-order valence-electron chi connectivity index (χ2n) is 6.91. The van der Waals surface area contributed by atoms with Gasteiger partial charge in [-0.3, -0.25) is 9.69 Å². The summed E-state index contributed by atoms with van der Waals surface area (Å²) in [5.41, 5.74) is 1.13. The van der Waals surface area contributed by atoms with Crippen LogP contribution < -0.4 is 10.6 Å². The molecule has 2 atom stereocenters. The first-order valence-corrected chi connectivity index (χ1v) is 9.42. The van der Waals surface area contributed by atoms with Gasteiger partial charge in [0.25, 0.3) is 0 Å². The first kappa shape index (κ1) is 20.2. The number of benzene rings is 2. The molecule has 2 aromatic rings. The lowest BCUT2D eigenvalue weighted by atomic mass is 10.1. The molecule has 0 aromatic heterocycles. The van der Waals surface area contributed by atoms with Crippen molar-refractivity contribution in [2.75, 3.05) is 20.1 Å². The molecular weight excluding hydrogens is 360 g/mol. The molecule has 1 aliphatic heterocycles. The molecule has 1 aliphatic rings. The summed E-state index contributed by atoms with van der Waals surface area (Å²) in [6.45, 7) is 1.35. The van der Waals surface area contributed by atoms with Crippen LogP contribution in [0.15, 0.2) is 54.6 Å². The summed E-state index contributed by atoms with van der Waals surface area (Å²) in [6.07, 6.45) is 4.65. The molecule has 0 radical (unpaired) electrons. The van der Waals surface area contributed by atoms with Crippen molar-refractivity contribution in [3.8, 4) is 0 Å². The average molecular weight is 385 g/mol. The Morgan fingerprint density at radius 3 is 2.54 bits per heavy atom. The highest BCUT2D eigenvalue weighted by atomic mass is 19.1. The van der Waals surface area contributed by atoms with E-state index >= 15 is 0 Å². The van der Waals surface area contributed by atoms with Gasteiger partial charge in [-0.2, -0.15) is 0 Å². The molecule has 28 heavy (non-hydrogen) atoms. The molecule has 0 aliphatic carbocycles. The van der Waals surface area contributed by atoms with Crippen molar-refractivity contribution < 1.29 is 13.6 Å². The molecule has 1 amide bonds. The third-order valence-corrected chi connectivity index (χ3v) is 5.03. The Morgan fingerprint density at radius 1 is 1.14 bits per heavy atom. The Labute approximate surface area is 164 Å². The van der Waals surface area contributed by atoms with Gasteiger partial charge in [0.1, 0.15) is 11.6 Å². The third-order valence-electron chi connectivity index (χ3n) is 5.03. The summed E-state index contributed by atoms with van der Waals surface area (Å²) in [5.74, 6) is -1.17. The van der Waals surface area contributed by atoms with Gasteiger partial charge in [0.2, 0.25) is 5.91 Å². The van der Waals surface area contributed by atoms with Crippen molar-refractivity contribution >= 4 is 12.0 Å². The zero-order chi connectivity index (χ0) is 19.9. The molecule has 0 saturated carbocycles. The monoisotopic (exact) mass is 385 g/mol. The number of hydrogen-bond acceptors (Lipinski definition) is 3. The Bertz CT molecular complexity index is 806. The quantitative estimate of drug-likeness (QED) is 0.770. The molecule has 148 valence electrons. The van der Waals surface area contributed by atoms with E-state index in [2.05, 4.69) is 15.5 Å². The largest absolute Gasteiger partial charge is 0.358 e. The van der Waals surface area contributed by atoms with Crippen LogP contribution in [0, 0.1) is 11.6 Å². The van der Waals surface area contributed by atoms with Crippen molar-refractivity contribution in [2.24, 2.45) is 0 Å². The smallest absolute Gasteiger partial charge is 0.237 e. The van der Waals surface area contributed by atoms with Gasteiger partial charge in [0, 0.05) is 38.3 Å². The van der Waals surface area contributed by atoms with E-state index < -0.39 is 11.6 Å². The SMILES string of the molecule is CNC(=O)[C@@H]1C[C@H](NCc2c(F)cccc2F)CN1C/C=C/c1ccccc1. The van der Waals surface area contributed by atoms with E-state index in [9.17, 15) is 13.6 Å². The van der Waals surface area contributed by atoms with Crippen molar-refractivity contribution in [3.05, 3.63) is 77.4 Å². The molecule has 2 N–H and O–H groups in total. The Hall–Kier alpha value is -2.57. The lowest BCUT2D eigenvalue weighted by molar-refractivity contribution is -0.124. The standard InChI is InChI=1S/C22H25F2N3O/c1-25-22(28)21-13-17(26-14-18-19(23)10-5-11-20(18)24)15-27(21)12-6-9-16-7-3-2-4-8-16/h2-11,17,21,26H,12-15H2,1H3,(H,25,28)/b9-6+/t17-,21-/m0/s1.